The Morgan fingerprint density at radius 1 is 1.58 bits per heavy atom. The fraction of sp³-hybridized carbons (Fsp3) is 0. The van der Waals surface area contributed by atoms with Crippen LogP contribution in [0.3, 0.4) is 0 Å². The number of hydrogen-bond donors (Lipinski definition) is 1. The summed E-state index contributed by atoms with van der Waals surface area (Å²) in [6, 6.07) is 0.915. The van der Waals surface area contributed by atoms with E-state index in [1.54, 1.807) is 0 Å². The minimum atomic E-state index is -1.09. The predicted octanol–water partition coefficient (Wildman–Crippen LogP) is 1.38. The van der Waals surface area contributed by atoms with Gasteiger partial charge in [-0.05, 0) is 23.2 Å². The van der Waals surface area contributed by atoms with Crippen molar-refractivity contribution in [2.75, 3.05) is 0 Å². The maximum Gasteiger partial charge on any atom is 0.353 e. The number of carbonyl (C=O) groups is 1. The van der Waals surface area contributed by atoms with Gasteiger partial charge >= 0.3 is 5.63 Å². The molecule has 1 aromatic rings. The number of halogens is 2. The Hall–Kier alpha value is -1.00. The highest BCUT2D eigenvalue weighted by Crippen LogP contribution is 2.19. The van der Waals surface area contributed by atoms with Crippen LogP contribution in [0.2, 0.25) is 5.22 Å². The van der Waals surface area contributed by atoms with Gasteiger partial charge in [0.1, 0.15) is 5.75 Å². The summed E-state index contributed by atoms with van der Waals surface area (Å²) in [7, 11) is 0. The molecule has 6 heteroatoms. The zero-order valence-electron chi connectivity index (χ0n) is 5.51. The molecule has 1 aromatic heterocycles. The maximum absolute atomic E-state index is 10.8. The van der Waals surface area contributed by atoms with Crippen molar-refractivity contribution in [3.05, 3.63) is 27.3 Å². The molecule has 64 valence electrons. The molecule has 0 aromatic carbocycles. The van der Waals surface area contributed by atoms with Crippen LogP contribution in [-0.4, -0.2) is 10.3 Å². The van der Waals surface area contributed by atoms with Crippen LogP contribution in [0.1, 0.15) is 10.4 Å². The van der Waals surface area contributed by atoms with Crippen LogP contribution in [0.5, 0.6) is 5.75 Å². The molecule has 1 N–H and O–H groups in total. The van der Waals surface area contributed by atoms with Crippen molar-refractivity contribution in [3.8, 4) is 5.75 Å². The van der Waals surface area contributed by atoms with Crippen molar-refractivity contribution in [3.63, 3.8) is 0 Å². The Kier molecular flexibility index (Phi) is 2.40. The van der Waals surface area contributed by atoms with E-state index in [4.69, 9.17) is 28.3 Å². The number of carbonyl (C=O) groups excluding carboxylic acids is 1. The molecule has 0 amide bonds. The van der Waals surface area contributed by atoms with E-state index < -0.39 is 22.2 Å². The van der Waals surface area contributed by atoms with Crippen LogP contribution in [0.15, 0.2) is 15.3 Å². The van der Waals surface area contributed by atoms with Crippen LogP contribution in [0.25, 0.3) is 0 Å². The van der Waals surface area contributed by atoms with Gasteiger partial charge in [-0.15, -0.1) is 0 Å². The molecule has 0 atom stereocenters. The van der Waals surface area contributed by atoms with Gasteiger partial charge in [-0.25, -0.2) is 4.79 Å². The van der Waals surface area contributed by atoms with Gasteiger partial charge in [0.2, 0.25) is 5.22 Å². The van der Waals surface area contributed by atoms with E-state index in [-0.39, 0.29) is 5.22 Å². The second-order valence-corrected chi connectivity index (χ2v) is 2.59. The lowest BCUT2D eigenvalue weighted by Crippen LogP contribution is -2.09. The van der Waals surface area contributed by atoms with Crippen molar-refractivity contribution < 1.29 is 14.3 Å². The van der Waals surface area contributed by atoms with E-state index in [0.717, 1.165) is 6.07 Å². The first kappa shape index (κ1) is 9.09. The Morgan fingerprint density at radius 2 is 2.17 bits per heavy atom. The third-order valence-corrected chi connectivity index (χ3v) is 1.47. The van der Waals surface area contributed by atoms with Gasteiger partial charge in [0.05, 0.1) is 0 Å². The van der Waals surface area contributed by atoms with Crippen LogP contribution in [-0.2, 0) is 0 Å². The van der Waals surface area contributed by atoms with E-state index in [1.165, 1.54) is 0 Å². The van der Waals surface area contributed by atoms with Crippen molar-refractivity contribution in [2.24, 2.45) is 0 Å². The van der Waals surface area contributed by atoms with Gasteiger partial charge in [-0.3, -0.25) is 4.79 Å². The van der Waals surface area contributed by atoms with Gasteiger partial charge in [0, 0.05) is 6.07 Å². The smallest absolute Gasteiger partial charge is 0.353 e. The Bertz CT molecular complexity index is 382. The van der Waals surface area contributed by atoms with E-state index in [9.17, 15) is 9.59 Å². The highest BCUT2D eigenvalue weighted by atomic mass is 35.5. The molecule has 0 fully saturated rings. The molecule has 0 saturated carbocycles. The summed E-state index contributed by atoms with van der Waals surface area (Å²) in [4.78, 5) is 21.3. The van der Waals surface area contributed by atoms with Crippen LogP contribution in [0.4, 0.5) is 0 Å². The molecular weight excluding hydrogens is 207 g/mol. The molecule has 4 nitrogen and oxygen atoms in total. The van der Waals surface area contributed by atoms with Crippen molar-refractivity contribution in [1.29, 1.82) is 0 Å². The maximum atomic E-state index is 10.8. The summed E-state index contributed by atoms with van der Waals surface area (Å²) in [5, 5.41) is 7.60. The van der Waals surface area contributed by atoms with E-state index in [2.05, 4.69) is 4.42 Å². The summed E-state index contributed by atoms with van der Waals surface area (Å²) in [5.41, 5.74) is -1.67. The SMILES string of the molecule is O=C(Cl)c1c(O)cc(Cl)oc1=O. The molecule has 12 heavy (non-hydrogen) atoms. The zero-order chi connectivity index (χ0) is 9.30. The van der Waals surface area contributed by atoms with Crippen molar-refractivity contribution >= 4 is 28.4 Å². The summed E-state index contributed by atoms with van der Waals surface area (Å²) in [6.07, 6.45) is 0. The Labute approximate surface area is 76.3 Å². The van der Waals surface area contributed by atoms with E-state index >= 15 is 0 Å². The first-order valence-electron chi connectivity index (χ1n) is 2.75. The average Bonchev–Trinajstić information content (AvgIpc) is 1.82. The standard InChI is InChI=1S/C6H2Cl2O4/c7-3-1-2(9)4(5(8)10)6(11)12-3/h1,9H. The molecule has 0 aliphatic carbocycles. The highest BCUT2D eigenvalue weighted by molar-refractivity contribution is 6.68. The lowest BCUT2D eigenvalue weighted by molar-refractivity contribution is 0.107. The third kappa shape index (κ3) is 1.60. The molecule has 0 bridgehead atoms. The van der Waals surface area contributed by atoms with Gasteiger partial charge in [-0.2, -0.15) is 0 Å². The van der Waals surface area contributed by atoms with Gasteiger partial charge in [0.25, 0.3) is 5.24 Å². The second kappa shape index (κ2) is 3.16. The minimum absolute atomic E-state index is 0.306. The van der Waals surface area contributed by atoms with E-state index in [0.29, 0.717) is 0 Å². The molecule has 0 aliphatic heterocycles. The fourth-order valence-electron chi connectivity index (χ4n) is 0.634. The molecule has 0 saturated heterocycles. The normalized spacial score (nSPS) is 9.83. The molecule has 0 radical (unpaired) electrons. The lowest BCUT2D eigenvalue weighted by atomic mass is 10.3. The summed E-state index contributed by atoms with van der Waals surface area (Å²) in [5.74, 6) is -0.587. The summed E-state index contributed by atoms with van der Waals surface area (Å²) >= 11 is 10.2. The Morgan fingerprint density at radius 3 is 2.58 bits per heavy atom. The van der Waals surface area contributed by atoms with Gasteiger partial charge in [-0.1, -0.05) is 0 Å². The lowest BCUT2D eigenvalue weighted by Gasteiger charge is -1.95. The number of hydrogen-bond acceptors (Lipinski definition) is 4. The largest absolute Gasteiger partial charge is 0.507 e. The molecule has 0 unspecified atom stereocenters. The zero-order valence-corrected chi connectivity index (χ0v) is 7.02. The van der Waals surface area contributed by atoms with Crippen LogP contribution < -0.4 is 5.63 Å². The van der Waals surface area contributed by atoms with Gasteiger partial charge < -0.3 is 9.52 Å². The van der Waals surface area contributed by atoms with Crippen molar-refractivity contribution in [1.82, 2.24) is 0 Å². The average molecular weight is 209 g/mol. The minimum Gasteiger partial charge on any atom is -0.507 e. The van der Waals surface area contributed by atoms with Crippen molar-refractivity contribution in [2.45, 2.75) is 0 Å². The van der Waals surface area contributed by atoms with Crippen LogP contribution in [0, 0.1) is 0 Å². The molecule has 0 aliphatic rings. The molecule has 1 rings (SSSR count). The van der Waals surface area contributed by atoms with Gasteiger partial charge in [0.15, 0.2) is 5.56 Å². The quantitative estimate of drug-likeness (QED) is 0.709. The second-order valence-electron chi connectivity index (χ2n) is 1.87. The topological polar surface area (TPSA) is 67.5 Å². The number of rotatable bonds is 1. The highest BCUT2D eigenvalue weighted by Gasteiger charge is 2.15. The van der Waals surface area contributed by atoms with Crippen LogP contribution >= 0.6 is 23.2 Å². The summed E-state index contributed by atoms with van der Waals surface area (Å²) in [6.45, 7) is 0. The first-order valence-corrected chi connectivity index (χ1v) is 3.50. The number of aromatic hydroxyl groups is 1. The summed E-state index contributed by atoms with van der Waals surface area (Å²) < 4.78 is 4.29. The fourth-order valence-corrected chi connectivity index (χ4v) is 0.982. The third-order valence-electron chi connectivity index (χ3n) is 1.10. The first-order chi connectivity index (χ1) is 5.52. The molecule has 0 spiro atoms. The monoisotopic (exact) mass is 208 g/mol. The Balaban J connectivity index is 3.49. The predicted molar refractivity (Wildman–Crippen MR) is 41.8 cm³/mol. The molecular formula is C6H2Cl2O4. The molecule has 1 heterocycles. The van der Waals surface area contributed by atoms with E-state index in [1.807, 2.05) is 0 Å².